The fourth-order valence-electron chi connectivity index (χ4n) is 2.09. The number of hydrogen-bond acceptors (Lipinski definition) is 5. The van der Waals surface area contributed by atoms with Gasteiger partial charge in [-0.1, -0.05) is 41.7 Å². The molecule has 0 aliphatic rings. The van der Waals surface area contributed by atoms with E-state index in [-0.39, 0.29) is 23.8 Å². The molecule has 0 saturated carbocycles. The summed E-state index contributed by atoms with van der Waals surface area (Å²) in [7, 11) is 0. The molecule has 0 bridgehead atoms. The standard InChI is InChI=1S/C14H12F3N5OS/c15-14(16,17)12-19-20-13-22(12)21-11(24-13)6-7-18-10(23)8-9-4-2-1-3-5-9/h1-5H,6-8H2,(H,18,23). The van der Waals surface area contributed by atoms with E-state index in [1.165, 1.54) is 0 Å². The molecule has 1 N–H and O–H groups in total. The molecule has 0 fully saturated rings. The number of rotatable bonds is 5. The summed E-state index contributed by atoms with van der Waals surface area (Å²) in [4.78, 5) is 11.9. The van der Waals surface area contributed by atoms with Crippen molar-refractivity contribution in [2.75, 3.05) is 6.54 Å². The van der Waals surface area contributed by atoms with Crippen LogP contribution in [0.3, 0.4) is 0 Å². The van der Waals surface area contributed by atoms with E-state index in [1.54, 1.807) is 0 Å². The van der Waals surface area contributed by atoms with E-state index in [0.29, 0.717) is 15.9 Å². The number of carbonyl (C=O) groups is 1. The predicted molar refractivity (Wildman–Crippen MR) is 80.5 cm³/mol. The van der Waals surface area contributed by atoms with Gasteiger partial charge in [-0.15, -0.1) is 10.2 Å². The van der Waals surface area contributed by atoms with E-state index in [9.17, 15) is 18.0 Å². The van der Waals surface area contributed by atoms with Gasteiger partial charge in [0, 0.05) is 13.0 Å². The van der Waals surface area contributed by atoms with Crippen LogP contribution in [0.2, 0.25) is 0 Å². The molecule has 1 amide bonds. The molecule has 0 unspecified atom stereocenters. The number of carbonyl (C=O) groups excluding carboxylic acids is 1. The van der Waals surface area contributed by atoms with Crippen LogP contribution in [0.5, 0.6) is 0 Å². The van der Waals surface area contributed by atoms with Crippen LogP contribution in [0, 0.1) is 0 Å². The van der Waals surface area contributed by atoms with Crippen LogP contribution in [-0.4, -0.2) is 32.3 Å². The van der Waals surface area contributed by atoms with Crippen molar-refractivity contribution >= 4 is 22.2 Å². The van der Waals surface area contributed by atoms with Gasteiger partial charge in [-0.2, -0.15) is 22.8 Å². The van der Waals surface area contributed by atoms with E-state index in [4.69, 9.17) is 0 Å². The zero-order valence-corrected chi connectivity index (χ0v) is 13.1. The second-order valence-corrected chi connectivity index (χ2v) is 6.01. The molecule has 0 radical (unpaired) electrons. The Hall–Kier alpha value is -2.49. The lowest BCUT2D eigenvalue weighted by molar-refractivity contribution is -0.146. The molecule has 126 valence electrons. The summed E-state index contributed by atoms with van der Waals surface area (Å²) < 4.78 is 38.8. The van der Waals surface area contributed by atoms with Crippen LogP contribution < -0.4 is 5.32 Å². The molecule has 0 spiro atoms. The number of aromatic nitrogens is 4. The number of benzene rings is 1. The van der Waals surface area contributed by atoms with Crippen molar-refractivity contribution in [2.45, 2.75) is 19.0 Å². The second-order valence-electron chi connectivity index (χ2n) is 4.97. The van der Waals surface area contributed by atoms with Crippen molar-refractivity contribution in [3.63, 3.8) is 0 Å². The Labute approximate surface area is 138 Å². The Bertz CT molecular complexity index is 843. The first-order valence-corrected chi connectivity index (χ1v) is 7.84. The first kappa shape index (κ1) is 16.4. The van der Waals surface area contributed by atoms with Crippen LogP contribution in [0.4, 0.5) is 13.2 Å². The number of fused-ring (bicyclic) bond motifs is 1. The fourth-order valence-corrected chi connectivity index (χ4v) is 2.92. The maximum atomic E-state index is 12.7. The van der Waals surface area contributed by atoms with Crippen LogP contribution in [0.15, 0.2) is 30.3 Å². The van der Waals surface area contributed by atoms with Crippen LogP contribution >= 0.6 is 11.3 Å². The van der Waals surface area contributed by atoms with Crippen molar-refractivity contribution in [2.24, 2.45) is 0 Å². The molecule has 3 aromatic rings. The van der Waals surface area contributed by atoms with Crippen molar-refractivity contribution in [1.29, 1.82) is 0 Å². The lowest BCUT2D eigenvalue weighted by Crippen LogP contribution is -2.27. The Morgan fingerprint density at radius 1 is 1.21 bits per heavy atom. The lowest BCUT2D eigenvalue weighted by atomic mass is 10.1. The van der Waals surface area contributed by atoms with Gasteiger partial charge in [-0.3, -0.25) is 4.79 Å². The third-order valence-corrected chi connectivity index (χ3v) is 4.11. The molecule has 0 saturated heterocycles. The second kappa shape index (κ2) is 6.56. The van der Waals surface area contributed by atoms with E-state index in [1.807, 2.05) is 30.3 Å². The van der Waals surface area contributed by atoms with Gasteiger partial charge < -0.3 is 5.32 Å². The first-order chi connectivity index (χ1) is 11.4. The van der Waals surface area contributed by atoms with Gasteiger partial charge in [0.05, 0.1) is 6.42 Å². The highest BCUT2D eigenvalue weighted by atomic mass is 32.1. The third kappa shape index (κ3) is 3.70. The number of amides is 1. The van der Waals surface area contributed by atoms with Crippen LogP contribution in [0.25, 0.3) is 4.96 Å². The highest BCUT2D eigenvalue weighted by Crippen LogP contribution is 2.28. The van der Waals surface area contributed by atoms with E-state index in [2.05, 4.69) is 20.6 Å². The largest absolute Gasteiger partial charge is 0.453 e. The fraction of sp³-hybridized carbons (Fsp3) is 0.286. The lowest BCUT2D eigenvalue weighted by Gasteiger charge is -2.04. The van der Waals surface area contributed by atoms with E-state index >= 15 is 0 Å². The molecule has 10 heteroatoms. The molecule has 0 aliphatic carbocycles. The van der Waals surface area contributed by atoms with Gasteiger partial charge in [-0.05, 0) is 5.56 Å². The highest BCUT2D eigenvalue weighted by Gasteiger charge is 2.38. The summed E-state index contributed by atoms with van der Waals surface area (Å²) in [5, 5.41) is 13.6. The van der Waals surface area contributed by atoms with Crippen LogP contribution in [-0.2, 0) is 23.8 Å². The van der Waals surface area contributed by atoms with Gasteiger partial charge in [-0.25, -0.2) is 0 Å². The molecular weight excluding hydrogens is 343 g/mol. The van der Waals surface area contributed by atoms with E-state index in [0.717, 1.165) is 16.9 Å². The van der Waals surface area contributed by atoms with E-state index < -0.39 is 12.0 Å². The molecule has 1 aromatic carbocycles. The Morgan fingerprint density at radius 2 is 1.96 bits per heavy atom. The molecule has 2 aromatic heterocycles. The first-order valence-electron chi connectivity index (χ1n) is 7.02. The van der Waals surface area contributed by atoms with Gasteiger partial charge in [0.1, 0.15) is 5.01 Å². The van der Waals surface area contributed by atoms with Crippen LogP contribution in [0.1, 0.15) is 16.4 Å². The van der Waals surface area contributed by atoms with Gasteiger partial charge in [0.2, 0.25) is 10.9 Å². The summed E-state index contributed by atoms with van der Waals surface area (Å²) in [6.07, 6.45) is -4.02. The minimum atomic E-state index is -4.60. The van der Waals surface area contributed by atoms with Gasteiger partial charge >= 0.3 is 6.18 Å². The smallest absolute Gasteiger partial charge is 0.355 e. The Kier molecular flexibility index (Phi) is 4.47. The summed E-state index contributed by atoms with van der Waals surface area (Å²) >= 11 is 1.02. The summed E-state index contributed by atoms with van der Waals surface area (Å²) in [6.45, 7) is 0.289. The molecule has 0 atom stereocenters. The molecule has 2 heterocycles. The molecule has 24 heavy (non-hydrogen) atoms. The average Bonchev–Trinajstić information content (AvgIpc) is 3.07. The molecular formula is C14H12F3N5OS. The van der Waals surface area contributed by atoms with Crippen molar-refractivity contribution in [1.82, 2.24) is 25.1 Å². The topological polar surface area (TPSA) is 72.2 Å². The zero-order valence-electron chi connectivity index (χ0n) is 12.2. The number of halogens is 3. The van der Waals surface area contributed by atoms with Crippen molar-refractivity contribution in [3.05, 3.63) is 46.7 Å². The minimum Gasteiger partial charge on any atom is -0.355 e. The Balaban J connectivity index is 1.56. The molecule has 6 nitrogen and oxygen atoms in total. The molecule has 0 aliphatic heterocycles. The molecule has 3 rings (SSSR count). The number of nitrogens with zero attached hydrogens (tertiary/aromatic N) is 4. The summed E-state index contributed by atoms with van der Waals surface area (Å²) in [6, 6.07) is 9.26. The maximum Gasteiger partial charge on any atom is 0.453 e. The number of nitrogens with one attached hydrogen (secondary N) is 1. The summed E-state index contributed by atoms with van der Waals surface area (Å²) in [5.74, 6) is -1.30. The maximum absolute atomic E-state index is 12.7. The SMILES string of the molecule is O=C(Cc1ccccc1)NCCc1nn2c(C(F)(F)F)nnc2s1. The number of alkyl halides is 3. The average molecular weight is 355 g/mol. The monoisotopic (exact) mass is 355 g/mol. The van der Waals surface area contributed by atoms with Gasteiger partial charge in [0.15, 0.2) is 0 Å². The Morgan fingerprint density at radius 3 is 2.67 bits per heavy atom. The predicted octanol–water partition coefficient (Wildman–Crippen LogP) is 2.11. The zero-order chi connectivity index (χ0) is 17.2. The summed E-state index contributed by atoms with van der Waals surface area (Å²) in [5.41, 5.74) is 0.892. The van der Waals surface area contributed by atoms with Crippen molar-refractivity contribution < 1.29 is 18.0 Å². The third-order valence-electron chi connectivity index (χ3n) is 3.15. The quantitative estimate of drug-likeness (QED) is 0.761. The van der Waals surface area contributed by atoms with Crippen molar-refractivity contribution in [3.8, 4) is 0 Å². The highest BCUT2D eigenvalue weighted by molar-refractivity contribution is 7.16. The minimum absolute atomic E-state index is 0.0768. The number of hydrogen-bond donors (Lipinski definition) is 1. The normalized spacial score (nSPS) is 11.8. The van der Waals surface area contributed by atoms with Gasteiger partial charge in [0.25, 0.3) is 5.82 Å².